The Morgan fingerprint density at radius 2 is 2.06 bits per heavy atom. The van der Waals surface area contributed by atoms with Gasteiger partial charge in [0.15, 0.2) is 5.13 Å². The summed E-state index contributed by atoms with van der Waals surface area (Å²) in [6, 6.07) is 0. The second-order valence-corrected chi connectivity index (χ2v) is 4.28. The van der Waals surface area contributed by atoms with E-state index in [2.05, 4.69) is 4.98 Å². The summed E-state index contributed by atoms with van der Waals surface area (Å²) in [5.41, 5.74) is -0.538. The van der Waals surface area contributed by atoms with Crippen LogP contribution in [0.1, 0.15) is 10.5 Å². The Labute approximate surface area is 99.0 Å². The lowest BCUT2D eigenvalue weighted by molar-refractivity contribution is -0.0887. The minimum Gasteiger partial charge on any atom is -0.378 e. The Bertz CT molecular complexity index is 413. The summed E-state index contributed by atoms with van der Waals surface area (Å²) < 4.78 is 41.6. The molecule has 0 radical (unpaired) electrons. The number of halogens is 3. The van der Waals surface area contributed by atoms with Crippen LogP contribution in [0.2, 0.25) is 0 Å². The molecule has 0 aromatic carbocycles. The number of Topliss-reactive ketones (excluding diaryl/α,β-unsaturated/α-hetero) is 1. The van der Waals surface area contributed by atoms with Gasteiger partial charge in [-0.05, 0) is 0 Å². The number of thiazole rings is 1. The molecule has 1 aliphatic rings. The van der Waals surface area contributed by atoms with E-state index in [1.54, 1.807) is 4.90 Å². The summed E-state index contributed by atoms with van der Waals surface area (Å²) in [7, 11) is 0. The van der Waals surface area contributed by atoms with Gasteiger partial charge < -0.3 is 9.64 Å². The van der Waals surface area contributed by atoms with Crippen LogP contribution in [0.25, 0.3) is 0 Å². The Morgan fingerprint density at radius 3 is 2.65 bits per heavy atom. The van der Waals surface area contributed by atoms with Crippen LogP contribution in [0, 0.1) is 0 Å². The number of ketones is 1. The average Bonchev–Trinajstić information content (AvgIpc) is 2.77. The molecule has 0 N–H and O–H groups in total. The first kappa shape index (κ1) is 12.3. The zero-order valence-electron chi connectivity index (χ0n) is 8.66. The third-order valence-corrected chi connectivity index (χ3v) is 3.17. The van der Waals surface area contributed by atoms with Gasteiger partial charge in [0.25, 0.3) is 5.78 Å². The Morgan fingerprint density at radius 1 is 1.41 bits per heavy atom. The number of hydrogen-bond acceptors (Lipinski definition) is 5. The molecule has 17 heavy (non-hydrogen) atoms. The first-order chi connectivity index (χ1) is 7.98. The van der Waals surface area contributed by atoms with E-state index in [0.717, 1.165) is 16.7 Å². The molecule has 1 fully saturated rings. The highest BCUT2D eigenvalue weighted by molar-refractivity contribution is 7.13. The Hall–Kier alpha value is -1.15. The van der Waals surface area contributed by atoms with Crippen LogP contribution >= 0.6 is 11.3 Å². The molecular formula is C9H9F3N2O2S. The Balaban J connectivity index is 2.12. The van der Waals surface area contributed by atoms with Crippen LogP contribution in [0.3, 0.4) is 0 Å². The second kappa shape index (κ2) is 4.61. The molecular weight excluding hydrogens is 257 g/mol. The van der Waals surface area contributed by atoms with Crippen molar-refractivity contribution in [3.05, 3.63) is 11.1 Å². The fraction of sp³-hybridized carbons (Fsp3) is 0.556. The van der Waals surface area contributed by atoms with Crippen LogP contribution in [0.4, 0.5) is 18.3 Å². The smallest absolute Gasteiger partial charge is 0.378 e. The maximum Gasteiger partial charge on any atom is 0.456 e. The number of nitrogens with zero attached hydrogens (tertiary/aromatic N) is 2. The highest BCUT2D eigenvalue weighted by Gasteiger charge is 2.41. The van der Waals surface area contributed by atoms with Crippen molar-refractivity contribution in [2.75, 3.05) is 31.2 Å². The van der Waals surface area contributed by atoms with Crippen molar-refractivity contribution in [2.45, 2.75) is 6.18 Å². The van der Waals surface area contributed by atoms with E-state index in [4.69, 9.17) is 4.74 Å². The van der Waals surface area contributed by atoms with Crippen molar-refractivity contribution in [2.24, 2.45) is 0 Å². The second-order valence-electron chi connectivity index (χ2n) is 3.44. The van der Waals surface area contributed by atoms with Crippen molar-refractivity contribution in [3.8, 4) is 0 Å². The molecule has 1 saturated heterocycles. The number of ether oxygens (including phenoxy) is 1. The summed E-state index contributed by atoms with van der Waals surface area (Å²) >= 11 is 1.04. The third kappa shape index (κ3) is 2.75. The van der Waals surface area contributed by atoms with Gasteiger partial charge in [0.1, 0.15) is 5.69 Å². The molecule has 0 aliphatic carbocycles. The van der Waals surface area contributed by atoms with Gasteiger partial charge >= 0.3 is 6.18 Å². The monoisotopic (exact) mass is 266 g/mol. The molecule has 8 heteroatoms. The lowest BCUT2D eigenvalue weighted by atomic mass is 10.3. The van der Waals surface area contributed by atoms with E-state index < -0.39 is 17.7 Å². The van der Waals surface area contributed by atoms with Gasteiger partial charge in [-0.3, -0.25) is 4.79 Å². The molecule has 0 atom stereocenters. The first-order valence-corrected chi connectivity index (χ1v) is 5.76. The number of aromatic nitrogens is 1. The average molecular weight is 266 g/mol. The van der Waals surface area contributed by atoms with Gasteiger partial charge in [-0.15, -0.1) is 11.3 Å². The van der Waals surface area contributed by atoms with E-state index in [-0.39, 0.29) is 0 Å². The zero-order chi connectivity index (χ0) is 12.5. The van der Waals surface area contributed by atoms with Gasteiger partial charge in [0.2, 0.25) is 0 Å². The largest absolute Gasteiger partial charge is 0.456 e. The predicted octanol–water partition coefficient (Wildman–Crippen LogP) is 1.72. The van der Waals surface area contributed by atoms with Crippen molar-refractivity contribution >= 4 is 22.3 Å². The van der Waals surface area contributed by atoms with Crippen LogP contribution in [0.5, 0.6) is 0 Å². The van der Waals surface area contributed by atoms with Crippen LogP contribution in [-0.2, 0) is 4.74 Å². The van der Waals surface area contributed by atoms with E-state index >= 15 is 0 Å². The topological polar surface area (TPSA) is 42.4 Å². The zero-order valence-corrected chi connectivity index (χ0v) is 9.48. The molecule has 0 bridgehead atoms. The molecule has 1 aromatic rings. The number of carbonyl (C=O) groups is 1. The highest BCUT2D eigenvalue weighted by Crippen LogP contribution is 2.26. The van der Waals surface area contributed by atoms with Crippen molar-refractivity contribution in [1.29, 1.82) is 0 Å². The number of carbonyl (C=O) groups excluding carboxylic acids is 1. The van der Waals surface area contributed by atoms with Gasteiger partial charge in [0.05, 0.1) is 13.2 Å². The maximum atomic E-state index is 12.2. The van der Waals surface area contributed by atoms with Gasteiger partial charge in [-0.1, -0.05) is 0 Å². The van der Waals surface area contributed by atoms with Crippen molar-refractivity contribution in [3.63, 3.8) is 0 Å². The summed E-state index contributed by atoms with van der Waals surface area (Å²) in [4.78, 5) is 16.5. The lowest BCUT2D eigenvalue weighted by Gasteiger charge is -2.25. The number of hydrogen-bond donors (Lipinski definition) is 0. The highest BCUT2D eigenvalue weighted by atomic mass is 32.1. The molecule has 1 aliphatic heterocycles. The molecule has 0 amide bonds. The number of alkyl halides is 3. The summed E-state index contributed by atoms with van der Waals surface area (Å²) in [6.07, 6.45) is -4.86. The fourth-order valence-electron chi connectivity index (χ4n) is 1.41. The Kier molecular flexibility index (Phi) is 3.34. The van der Waals surface area contributed by atoms with Crippen molar-refractivity contribution in [1.82, 2.24) is 4.98 Å². The molecule has 4 nitrogen and oxygen atoms in total. The maximum absolute atomic E-state index is 12.2. The van der Waals surface area contributed by atoms with Crippen LogP contribution in [0.15, 0.2) is 5.38 Å². The van der Waals surface area contributed by atoms with E-state index in [1.807, 2.05) is 0 Å². The van der Waals surface area contributed by atoms with Crippen LogP contribution < -0.4 is 4.90 Å². The van der Waals surface area contributed by atoms with Gasteiger partial charge in [-0.2, -0.15) is 13.2 Å². The first-order valence-electron chi connectivity index (χ1n) is 4.88. The molecule has 0 saturated carbocycles. The number of rotatable bonds is 2. The quantitative estimate of drug-likeness (QED) is 0.764. The normalized spacial score (nSPS) is 17.2. The predicted molar refractivity (Wildman–Crippen MR) is 55.5 cm³/mol. The molecule has 1 aromatic heterocycles. The van der Waals surface area contributed by atoms with Gasteiger partial charge in [0, 0.05) is 18.5 Å². The minimum atomic E-state index is -4.86. The van der Waals surface area contributed by atoms with Crippen molar-refractivity contribution < 1.29 is 22.7 Å². The SMILES string of the molecule is O=C(c1csc(N2CCOCC2)n1)C(F)(F)F. The number of anilines is 1. The van der Waals surface area contributed by atoms with Crippen LogP contribution in [-0.4, -0.2) is 43.2 Å². The summed E-state index contributed by atoms with van der Waals surface area (Å²) in [6.45, 7) is 2.19. The number of morpholine rings is 1. The van der Waals surface area contributed by atoms with Gasteiger partial charge in [-0.25, -0.2) is 4.98 Å². The van der Waals surface area contributed by atoms with E-state index in [0.29, 0.717) is 31.4 Å². The fourth-order valence-corrected chi connectivity index (χ4v) is 2.27. The molecule has 0 spiro atoms. The molecule has 2 heterocycles. The molecule has 2 rings (SSSR count). The summed E-state index contributed by atoms with van der Waals surface area (Å²) in [5.74, 6) is -1.90. The van der Waals surface area contributed by atoms with E-state index in [9.17, 15) is 18.0 Å². The third-order valence-electron chi connectivity index (χ3n) is 2.26. The molecule has 94 valence electrons. The summed E-state index contributed by atoms with van der Waals surface area (Å²) in [5, 5.41) is 1.57. The van der Waals surface area contributed by atoms with E-state index in [1.165, 1.54) is 0 Å². The standard InChI is InChI=1S/C9H9F3N2O2S/c10-9(11,12)7(15)6-5-17-8(13-6)14-1-3-16-4-2-14/h5H,1-4H2. The minimum absolute atomic E-state index is 0.431. The molecule has 0 unspecified atom stereocenters. The lowest BCUT2D eigenvalue weighted by Crippen LogP contribution is -2.36.